The maximum absolute atomic E-state index is 5.66. The molecule has 0 aliphatic carbocycles. The van der Waals surface area contributed by atoms with Gasteiger partial charge in [-0.15, -0.1) is 0 Å². The molecule has 0 amide bonds. The maximum Gasteiger partial charge on any atom is 0.266 e. The van der Waals surface area contributed by atoms with Crippen molar-refractivity contribution in [3.8, 4) is 11.5 Å². The van der Waals surface area contributed by atoms with Crippen LogP contribution >= 0.6 is 0 Å². The van der Waals surface area contributed by atoms with Crippen LogP contribution in [0.15, 0.2) is 28.8 Å². The number of rotatable bonds is 3. The molecule has 5 heteroatoms. The average Bonchev–Trinajstić information content (AvgIpc) is 2.83. The fraction of sp³-hybridized carbons (Fsp3) is 0.467. The molecule has 0 bridgehead atoms. The molecule has 2 N–H and O–H groups in total. The lowest BCUT2D eigenvalue weighted by atomic mass is 10.1. The van der Waals surface area contributed by atoms with Crippen LogP contribution in [0.2, 0.25) is 0 Å². The molecule has 0 spiro atoms. The minimum absolute atomic E-state index is 0.515. The zero-order valence-electron chi connectivity index (χ0n) is 11.6. The van der Waals surface area contributed by atoms with E-state index in [1.54, 1.807) is 0 Å². The number of nitrogens with zero attached hydrogens (tertiary/aromatic N) is 3. The topological polar surface area (TPSA) is 68.2 Å². The number of nitrogens with two attached hydrogens (primary N) is 1. The summed E-state index contributed by atoms with van der Waals surface area (Å²) in [4.78, 5) is 6.74. The number of anilines is 1. The monoisotopic (exact) mass is 272 g/mol. The van der Waals surface area contributed by atoms with Crippen molar-refractivity contribution in [2.45, 2.75) is 32.2 Å². The van der Waals surface area contributed by atoms with Gasteiger partial charge < -0.3 is 15.2 Å². The summed E-state index contributed by atoms with van der Waals surface area (Å²) >= 11 is 0. The first-order valence-electron chi connectivity index (χ1n) is 7.25. The van der Waals surface area contributed by atoms with E-state index in [1.807, 2.05) is 24.3 Å². The van der Waals surface area contributed by atoms with Gasteiger partial charge in [-0.2, -0.15) is 4.98 Å². The quantitative estimate of drug-likeness (QED) is 0.930. The van der Waals surface area contributed by atoms with Gasteiger partial charge in [0.2, 0.25) is 0 Å². The minimum atomic E-state index is 0.515. The van der Waals surface area contributed by atoms with Crippen LogP contribution in [0.1, 0.15) is 31.2 Å². The third-order valence-corrected chi connectivity index (χ3v) is 3.71. The van der Waals surface area contributed by atoms with Crippen LogP contribution in [0.4, 0.5) is 5.95 Å². The van der Waals surface area contributed by atoms with Crippen molar-refractivity contribution in [1.82, 2.24) is 10.1 Å². The molecule has 3 rings (SSSR count). The van der Waals surface area contributed by atoms with Gasteiger partial charge in [-0.1, -0.05) is 25.0 Å². The molecule has 0 radical (unpaired) electrons. The summed E-state index contributed by atoms with van der Waals surface area (Å²) in [6.45, 7) is 2.55. The molecular weight excluding hydrogens is 252 g/mol. The summed E-state index contributed by atoms with van der Waals surface area (Å²) in [5.41, 5.74) is 7.66. The third-order valence-electron chi connectivity index (χ3n) is 3.71. The van der Waals surface area contributed by atoms with Crippen LogP contribution in [0.25, 0.3) is 11.5 Å². The highest BCUT2D eigenvalue weighted by Gasteiger charge is 2.16. The van der Waals surface area contributed by atoms with Crippen LogP contribution in [-0.4, -0.2) is 23.2 Å². The van der Waals surface area contributed by atoms with Crippen molar-refractivity contribution in [2.75, 3.05) is 18.0 Å². The van der Waals surface area contributed by atoms with Crippen molar-refractivity contribution in [3.63, 3.8) is 0 Å². The zero-order chi connectivity index (χ0) is 13.8. The molecule has 5 nitrogen and oxygen atoms in total. The predicted molar refractivity (Wildman–Crippen MR) is 78.3 cm³/mol. The molecule has 0 atom stereocenters. The minimum Gasteiger partial charge on any atom is -0.338 e. The number of benzene rings is 1. The van der Waals surface area contributed by atoms with Crippen LogP contribution in [0.3, 0.4) is 0 Å². The Morgan fingerprint density at radius 3 is 2.70 bits per heavy atom. The van der Waals surface area contributed by atoms with Gasteiger partial charge in [-0.05, 0) is 35.7 Å². The Hall–Kier alpha value is -1.88. The molecule has 106 valence electrons. The van der Waals surface area contributed by atoms with Gasteiger partial charge in [0.25, 0.3) is 11.8 Å². The molecular formula is C15H20N4O. The molecule has 1 aliphatic rings. The summed E-state index contributed by atoms with van der Waals surface area (Å²) in [6.07, 6.45) is 4.98. The van der Waals surface area contributed by atoms with Gasteiger partial charge in [0.15, 0.2) is 0 Å². The van der Waals surface area contributed by atoms with E-state index in [9.17, 15) is 0 Å². The Balaban J connectivity index is 1.81. The number of hydrogen-bond acceptors (Lipinski definition) is 5. The Kier molecular flexibility index (Phi) is 3.97. The second kappa shape index (κ2) is 6.05. The molecule has 1 aromatic carbocycles. The molecule has 2 aromatic rings. The molecule has 1 aliphatic heterocycles. The third kappa shape index (κ3) is 2.82. The zero-order valence-corrected chi connectivity index (χ0v) is 11.6. The lowest BCUT2D eigenvalue weighted by Crippen LogP contribution is -2.24. The fourth-order valence-electron chi connectivity index (χ4n) is 2.56. The Morgan fingerprint density at radius 2 is 1.95 bits per heavy atom. The summed E-state index contributed by atoms with van der Waals surface area (Å²) in [5.74, 6) is 1.28. The lowest BCUT2D eigenvalue weighted by molar-refractivity contribution is 0.429. The van der Waals surface area contributed by atoms with Gasteiger partial charge >= 0.3 is 0 Å². The van der Waals surface area contributed by atoms with Gasteiger partial charge in [-0.25, -0.2) is 0 Å². The lowest BCUT2D eigenvalue weighted by Gasteiger charge is -2.16. The van der Waals surface area contributed by atoms with Gasteiger partial charge in [0.05, 0.1) is 0 Å². The normalized spacial score (nSPS) is 16.1. The van der Waals surface area contributed by atoms with E-state index in [4.69, 9.17) is 10.3 Å². The molecule has 2 heterocycles. The standard InChI is InChI=1S/C15H20N4O/c16-11-12-6-5-7-13(10-12)14-17-15(18-20-14)19-8-3-1-2-4-9-19/h5-7,10H,1-4,8-9,11,16H2. The Labute approximate surface area is 118 Å². The molecule has 0 saturated carbocycles. The van der Waals surface area contributed by atoms with Crippen molar-refractivity contribution >= 4 is 5.95 Å². The van der Waals surface area contributed by atoms with Gasteiger partial charge in [-0.3, -0.25) is 0 Å². The summed E-state index contributed by atoms with van der Waals surface area (Å²) < 4.78 is 5.40. The summed E-state index contributed by atoms with van der Waals surface area (Å²) in [5, 5.41) is 4.12. The van der Waals surface area contributed by atoms with E-state index < -0.39 is 0 Å². The van der Waals surface area contributed by atoms with Crippen LogP contribution in [0.5, 0.6) is 0 Å². The summed E-state index contributed by atoms with van der Waals surface area (Å²) in [7, 11) is 0. The predicted octanol–water partition coefficient (Wildman–Crippen LogP) is 2.58. The van der Waals surface area contributed by atoms with E-state index in [0.717, 1.165) is 24.2 Å². The molecule has 20 heavy (non-hydrogen) atoms. The van der Waals surface area contributed by atoms with Crippen molar-refractivity contribution in [2.24, 2.45) is 5.73 Å². The van der Waals surface area contributed by atoms with Crippen molar-refractivity contribution in [3.05, 3.63) is 29.8 Å². The Morgan fingerprint density at radius 1 is 1.15 bits per heavy atom. The van der Waals surface area contributed by atoms with Crippen LogP contribution < -0.4 is 10.6 Å². The number of aromatic nitrogens is 2. The first-order valence-corrected chi connectivity index (χ1v) is 7.25. The Bertz CT molecular complexity index is 559. The molecule has 1 fully saturated rings. The largest absolute Gasteiger partial charge is 0.338 e. The van der Waals surface area contributed by atoms with E-state index >= 15 is 0 Å². The highest BCUT2D eigenvalue weighted by molar-refractivity contribution is 5.55. The molecule has 1 aromatic heterocycles. The smallest absolute Gasteiger partial charge is 0.266 e. The second-order valence-electron chi connectivity index (χ2n) is 5.21. The summed E-state index contributed by atoms with van der Waals surface area (Å²) in [6, 6.07) is 7.93. The van der Waals surface area contributed by atoms with Gasteiger partial charge in [0.1, 0.15) is 0 Å². The molecule has 1 saturated heterocycles. The first kappa shape index (κ1) is 13.1. The van der Waals surface area contributed by atoms with E-state index in [-0.39, 0.29) is 0 Å². The highest BCUT2D eigenvalue weighted by Crippen LogP contribution is 2.22. The maximum atomic E-state index is 5.66. The van der Waals surface area contributed by atoms with Gasteiger partial charge in [0, 0.05) is 25.2 Å². The second-order valence-corrected chi connectivity index (χ2v) is 5.21. The van der Waals surface area contributed by atoms with E-state index in [2.05, 4.69) is 15.0 Å². The van der Waals surface area contributed by atoms with Crippen LogP contribution in [-0.2, 0) is 6.54 Å². The highest BCUT2D eigenvalue weighted by atomic mass is 16.5. The van der Waals surface area contributed by atoms with Crippen molar-refractivity contribution < 1.29 is 4.52 Å². The fourth-order valence-corrected chi connectivity index (χ4v) is 2.56. The average molecular weight is 272 g/mol. The van der Waals surface area contributed by atoms with E-state index in [0.29, 0.717) is 18.4 Å². The first-order chi connectivity index (χ1) is 9.86. The SMILES string of the molecule is NCc1cccc(-c2nc(N3CCCCCC3)no2)c1. The van der Waals surface area contributed by atoms with E-state index in [1.165, 1.54) is 25.7 Å². The van der Waals surface area contributed by atoms with Crippen molar-refractivity contribution in [1.29, 1.82) is 0 Å². The molecule has 0 unspecified atom stereocenters. The number of hydrogen-bond donors (Lipinski definition) is 1. The van der Waals surface area contributed by atoms with Crippen LogP contribution in [0, 0.1) is 0 Å².